The fourth-order valence-corrected chi connectivity index (χ4v) is 5.88. The highest BCUT2D eigenvalue weighted by atomic mass is 32.2. The summed E-state index contributed by atoms with van der Waals surface area (Å²) in [5, 5.41) is 3.05. The Morgan fingerprint density at radius 2 is 1.78 bits per heavy atom. The van der Waals surface area contributed by atoms with Crippen LogP contribution in [0.2, 0.25) is 0 Å². The molecule has 0 aromatic heterocycles. The van der Waals surface area contributed by atoms with Crippen LogP contribution in [0.5, 0.6) is 17.2 Å². The van der Waals surface area contributed by atoms with Crippen LogP contribution in [-0.2, 0) is 14.8 Å². The second-order valence-corrected chi connectivity index (χ2v) is 10.9. The molecule has 196 valence electrons. The van der Waals surface area contributed by atoms with E-state index < -0.39 is 16.1 Å². The predicted octanol–water partition coefficient (Wildman–Crippen LogP) is 4.54. The van der Waals surface area contributed by atoms with Gasteiger partial charge >= 0.3 is 0 Å². The van der Waals surface area contributed by atoms with Crippen molar-refractivity contribution < 1.29 is 27.4 Å². The summed E-state index contributed by atoms with van der Waals surface area (Å²) in [6.07, 6.45) is -0.385. The lowest BCUT2D eigenvalue weighted by Gasteiger charge is -2.35. The van der Waals surface area contributed by atoms with E-state index >= 15 is 0 Å². The molecule has 0 saturated carbocycles. The van der Waals surface area contributed by atoms with Gasteiger partial charge < -0.3 is 19.5 Å². The molecule has 1 N–H and O–H groups in total. The van der Waals surface area contributed by atoms with Crippen LogP contribution >= 0.6 is 0 Å². The van der Waals surface area contributed by atoms with Gasteiger partial charge in [-0.05, 0) is 79.4 Å². The number of fused-ring (bicyclic) bond motifs is 1. The number of benzene rings is 3. The average Bonchev–Trinajstić information content (AvgIpc) is 2.90. The van der Waals surface area contributed by atoms with E-state index in [4.69, 9.17) is 14.2 Å². The standard InChI is InChI=1S/C28H32N2O6S/c1-6-23(20-8-14-25(35-5)19(3)16-20)29-28(31)27-17-30(24-13-7-18(2)15-26(24)36-27)37(32,33)22-11-9-21(34-4)10-12-22/h7-16,23,27H,6,17H2,1-5H3,(H,29,31)/t23-,27-/m1/s1. The van der Waals surface area contributed by atoms with Gasteiger partial charge in [-0.25, -0.2) is 8.42 Å². The van der Waals surface area contributed by atoms with Crippen LogP contribution in [0.1, 0.15) is 36.1 Å². The van der Waals surface area contributed by atoms with Crippen molar-refractivity contribution in [2.45, 2.75) is 44.2 Å². The van der Waals surface area contributed by atoms with Crippen LogP contribution in [0, 0.1) is 13.8 Å². The minimum atomic E-state index is -3.98. The van der Waals surface area contributed by atoms with Crippen molar-refractivity contribution in [2.75, 3.05) is 25.1 Å². The highest BCUT2D eigenvalue weighted by molar-refractivity contribution is 7.92. The molecule has 3 aromatic rings. The molecule has 1 aliphatic heterocycles. The van der Waals surface area contributed by atoms with Crippen molar-refractivity contribution >= 4 is 21.6 Å². The minimum Gasteiger partial charge on any atom is -0.497 e. The van der Waals surface area contributed by atoms with Gasteiger partial charge in [-0.15, -0.1) is 0 Å². The van der Waals surface area contributed by atoms with Gasteiger partial charge in [0.2, 0.25) is 0 Å². The van der Waals surface area contributed by atoms with Gasteiger partial charge in [0.1, 0.15) is 17.2 Å². The molecule has 0 fully saturated rings. The Balaban J connectivity index is 1.64. The highest BCUT2D eigenvalue weighted by Gasteiger charge is 2.38. The fraction of sp³-hybridized carbons (Fsp3) is 0.321. The number of anilines is 1. The smallest absolute Gasteiger partial charge is 0.264 e. The number of ether oxygens (including phenoxy) is 3. The number of hydrogen-bond donors (Lipinski definition) is 1. The van der Waals surface area contributed by atoms with E-state index in [-0.39, 0.29) is 23.4 Å². The largest absolute Gasteiger partial charge is 0.497 e. The Labute approximate surface area is 218 Å². The lowest BCUT2D eigenvalue weighted by molar-refractivity contribution is -0.128. The second-order valence-electron chi connectivity index (χ2n) is 8.99. The summed E-state index contributed by atoms with van der Waals surface area (Å²) < 4.78 is 45.2. The molecule has 37 heavy (non-hydrogen) atoms. The lowest BCUT2D eigenvalue weighted by atomic mass is 10.0. The van der Waals surface area contributed by atoms with Crippen LogP contribution in [0.4, 0.5) is 5.69 Å². The molecule has 8 nitrogen and oxygen atoms in total. The van der Waals surface area contributed by atoms with Gasteiger partial charge in [0.25, 0.3) is 15.9 Å². The van der Waals surface area contributed by atoms with Crippen molar-refractivity contribution in [3.8, 4) is 17.2 Å². The molecule has 2 atom stereocenters. The van der Waals surface area contributed by atoms with Crippen molar-refractivity contribution in [1.29, 1.82) is 0 Å². The third-order valence-electron chi connectivity index (χ3n) is 6.47. The van der Waals surface area contributed by atoms with Crippen molar-refractivity contribution in [3.05, 3.63) is 77.4 Å². The Morgan fingerprint density at radius 1 is 1.05 bits per heavy atom. The number of rotatable bonds is 8. The van der Waals surface area contributed by atoms with E-state index in [0.29, 0.717) is 23.6 Å². The maximum atomic E-state index is 13.7. The zero-order valence-electron chi connectivity index (χ0n) is 21.6. The number of methoxy groups -OCH3 is 2. The number of nitrogens with zero attached hydrogens (tertiary/aromatic N) is 1. The minimum absolute atomic E-state index is 0.0982. The van der Waals surface area contributed by atoms with E-state index in [1.165, 1.54) is 23.5 Å². The van der Waals surface area contributed by atoms with E-state index in [0.717, 1.165) is 22.4 Å². The Kier molecular flexibility index (Phi) is 7.63. The Hall–Kier alpha value is -3.72. The molecule has 1 heterocycles. The third-order valence-corrected chi connectivity index (χ3v) is 8.26. The van der Waals surface area contributed by atoms with Crippen LogP contribution in [-0.4, -0.2) is 41.2 Å². The molecule has 1 amide bonds. The van der Waals surface area contributed by atoms with Gasteiger partial charge in [0, 0.05) is 0 Å². The van der Waals surface area contributed by atoms with E-state index in [1.807, 2.05) is 45.0 Å². The van der Waals surface area contributed by atoms with Crippen molar-refractivity contribution in [1.82, 2.24) is 5.32 Å². The topological polar surface area (TPSA) is 94.2 Å². The quantitative estimate of drug-likeness (QED) is 0.465. The lowest BCUT2D eigenvalue weighted by Crippen LogP contribution is -2.51. The first-order chi connectivity index (χ1) is 17.7. The van der Waals surface area contributed by atoms with Crippen LogP contribution < -0.4 is 23.8 Å². The summed E-state index contributed by atoms with van der Waals surface area (Å²) in [6.45, 7) is 5.65. The van der Waals surface area contributed by atoms with E-state index in [2.05, 4.69) is 5.32 Å². The van der Waals surface area contributed by atoms with Crippen molar-refractivity contribution in [2.24, 2.45) is 0 Å². The summed E-state index contributed by atoms with van der Waals surface area (Å²) in [6, 6.07) is 16.9. The predicted molar refractivity (Wildman–Crippen MR) is 142 cm³/mol. The highest BCUT2D eigenvalue weighted by Crippen LogP contribution is 2.38. The summed E-state index contributed by atoms with van der Waals surface area (Å²) in [7, 11) is -0.840. The normalized spacial score (nSPS) is 15.8. The van der Waals surface area contributed by atoms with Gasteiger partial charge in [-0.3, -0.25) is 9.10 Å². The van der Waals surface area contributed by atoms with Crippen LogP contribution in [0.3, 0.4) is 0 Å². The fourth-order valence-electron chi connectivity index (χ4n) is 4.40. The van der Waals surface area contributed by atoms with Gasteiger partial charge in [0.15, 0.2) is 6.10 Å². The summed E-state index contributed by atoms with van der Waals surface area (Å²) in [5.41, 5.74) is 3.18. The number of sulfonamides is 1. The summed E-state index contributed by atoms with van der Waals surface area (Å²) >= 11 is 0. The zero-order chi connectivity index (χ0) is 26.7. The summed E-state index contributed by atoms with van der Waals surface area (Å²) in [5.74, 6) is 1.28. The first-order valence-electron chi connectivity index (χ1n) is 12.1. The van der Waals surface area contributed by atoms with Gasteiger partial charge in [-0.1, -0.05) is 25.1 Å². The van der Waals surface area contributed by atoms with Crippen LogP contribution in [0.25, 0.3) is 0 Å². The average molecular weight is 525 g/mol. The third kappa shape index (κ3) is 5.36. The first-order valence-corrected chi connectivity index (χ1v) is 13.5. The Bertz CT molecular complexity index is 1390. The second kappa shape index (κ2) is 10.7. The molecular weight excluding hydrogens is 492 g/mol. The summed E-state index contributed by atoms with van der Waals surface area (Å²) in [4.78, 5) is 13.5. The SMILES string of the molecule is CC[C@@H](NC(=O)[C@H]1CN(S(=O)(=O)c2ccc(OC)cc2)c2ccc(C)cc2O1)c1ccc(OC)c(C)c1. The molecule has 4 rings (SSSR count). The van der Waals surface area contributed by atoms with E-state index in [1.54, 1.807) is 31.4 Å². The van der Waals surface area contributed by atoms with Crippen molar-refractivity contribution in [3.63, 3.8) is 0 Å². The molecule has 9 heteroatoms. The number of aryl methyl sites for hydroxylation is 2. The monoisotopic (exact) mass is 524 g/mol. The molecule has 0 spiro atoms. The van der Waals surface area contributed by atoms with E-state index in [9.17, 15) is 13.2 Å². The molecule has 0 saturated heterocycles. The van der Waals surface area contributed by atoms with Gasteiger partial charge in [-0.2, -0.15) is 0 Å². The number of nitrogens with one attached hydrogen (secondary N) is 1. The molecule has 0 bridgehead atoms. The number of carbonyl (C=O) groups is 1. The first kappa shape index (κ1) is 26.3. The number of carbonyl (C=O) groups excluding carboxylic acids is 1. The maximum absolute atomic E-state index is 13.7. The molecule has 1 aliphatic rings. The number of hydrogen-bond acceptors (Lipinski definition) is 6. The molecule has 0 unspecified atom stereocenters. The zero-order valence-corrected chi connectivity index (χ0v) is 22.5. The molecule has 3 aromatic carbocycles. The van der Waals surface area contributed by atoms with Crippen LogP contribution in [0.15, 0.2) is 65.6 Å². The molecule has 0 aliphatic carbocycles. The molecule has 0 radical (unpaired) electrons. The molecular formula is C28H32N2O6S. The van der Waals surface area contributed by atoms with Gasteiger partial charge in [0.05, 0.1) is 37.4 Å². The maximum Gasteiger partial charge on any atom is 0.264 e. The number of amides is 1. The Morgan fingerprint density at radius 3 is 2.41 bits per heavy atom.